The normalized spacial score (nSPS) is 27.6. The van der Waals surface area contributed by atoms with Crippen molar-refractivity contribution in [3.8, 4) is 5.75 Å². The Morgan fingerprint density at radius 3 is 2.56 bits per heavy atom. The van der Waals surface area contributed by atoms with E-state index in [-0.39, 0.29) is 17.8 Å². The summed E-state index contributed by atoms with van der Waals surface area (Å²) in [7, 11) is 1.48. The van der Waals surface area contributed by atoms with E-state index in [0.717, 1.165) is 10.5 Å². The maximum Gasteiger partial charge on any atom is 0.279 e. The molecule has 3 aliphatic rings. The number of aliphatic hydroxyl groups is 3. The highest BCUT2D eigenvalue weighted by Gasteiger charge is 2.68. The van der Waals surface area contributed by atoms with E-state index >= 15 is 0 Å². The molecule has 10 nitrogen and oxygen atoms in total. The molecule has 5 rings (SSSR count). The van der Waals surface area contributed by atoms with Crippen molar-refractivity contribution in [2.75, 3.05) is 13.7 Å². The summed E-state index contributed by atoms with van der Waals surface area (Å²) in [6, 6.07) is 2.78. The predicted molar refractivity (Wildman–Crippen MR) is 129 cm³/mol. The van der Waals surface area contributed by atoms with Gasteiger partial charge in [0.05, 0.1) is 23.9 Å². The van der Waals surface area contributed by atoms with E-state index in [2.05, 4.69) is 0 Å². The summed E-state index contributed by atoms with van der Waals surface area (Å²) in [5.41, 5.74) is -3.00. The third-order valence-electron chi connectivity index (χ3n) is 7.44. The molecule has 0 aliphatic carbocycles. The molecule has 4 atom stereocenters. The van der Waals surface area contributed by atoms with Gasteiger partial charge in [-0.25, -0.2) is 0 Å². The van der Waals surface area contributed by atoms with Gasteiger partial charge < -0.3 is 25.0 Å². The van der Waals surface area contributed by atoms with E-state index in [9.17, 15) is 29.7 Å². The van der Waals surface area contributed by atoms with Crippen molar-refractivity contribution in [2.24, 2.45) is 0 Å². The van der Waals surface area contributed by atoms with Crippen LogP contribution in [-0.2, 0) is 9.59 Å². The van der Waals surface area contributed by atoms with Crippen molar-refractivity contribution in [3.05, 3.63) is 41.1 Å². The molecule has 4 heterocycles. The predicted octanol–water partition coefficient (Wildman–Crippen LogP) is 1.64. The Morgan fingerprint density at radius 1 is 1.25 bits per heavy atom. The Balaban J connectivity index is 1.91. The fourth-order valence-corrected chi connectivity index (χ4v) is 6.00. The Kier molecular flexibility index (Phi) is 5.37. The number of amides is 2. The SMILES string of the molecule is COc1ccc2c3c(n(C(=O)C=C(C)C)c2c1)C(C(C)(C)O)N1C(=O)C2CCCN2C(=O)C1(O)C3O. The second-order valence-corrected chi connectivity index (χ2v) is 10.6. The van der Waals surface area contributed by atoms with Crippen LogP contribution in [0.1, 0.15) is 68.7 Å². The molecule has 3 N–H and O–H groups in total. The number of hydrogen-bond donors (Lipinski definition) is 3. The first kappa shape index (κ1) is 24.5. The number of carbonyl (C=O) groups is 3. The van der Waals surface area contributed by atoms with Gasteiger partial charge in [-0.15, -0.1) is 0 Å². The van der Waals surface area contributed by atoms with Crippen LogP contribution >= 0.6 is 0 Å². The number of ether oxygens (including phenoxy) is 1. The van der Waals surface area contributed by atoms with Crippen LogP contribution in [0.25, 0.3) is 10.9 Å². The first-order valence-electron chi connectivity index (χ1n) is 12.0. The minimum atomic E-state index is -2.64. The zero-order valence-corrected chi connectivity index (χ0v) is 21.0. The number of allylic oxidation sites excluding steroid dienone is 2. The average Bonchev–Trinajstić information content (AvgIpc) is 3.41. The Labute approximate surface area is 208 Å². The van der Waals surface area contributed by atoms with Gasteiger partial charge in [-0.05, 0) is 52.7 Å². The van der Waals surface area contributed by atoms with Crippen molar-refractivity contribution in [1.29, 1.82) is 0 Å². The standard InChI is InChI=1S/C26H31N3O7/c1-13(2)11-18(30)28-17-12-14(36-5)8-9-15(17)19-20(28)21(25(3,4)34)29-23(32)16-7-6-10-27(16)24(33)26(29,35)22(19)31/h8-9,11-12,16,21-22,31,34-35H,6-7,10H2,1-5H3. The average molecular weight is 498 g/mol. The number of benzene rings is 1. The highest BCUT2D eigenvalue weighted by atomic mass is 16.5. The number of aliphatic hydroxyl groups excluding tert-OH is 1. The molecule has 10 heteroatoms. The lowest BCUT2D eigenvalue weighted by Crippen LogP contribution is -2.75. The van der Waals surface area contributed by atoms with Crippen molar-refractivity contribution in [3.63, 3.8) is 0 Å². The molecule has 4 unspecified atom stereocenters. The molecule has 1 aromatic carbocycles. The van der Waals surface area contributed by atoms with Crippen LogP contribution in [0.5, 0.6) is 5.75 Å². The molecular weight excluding hydrogens is 466 g/mol. The lowest BCUT2D eigenvalue weighted by atomic mass is 9.78. The summed E-state index contributed by atoms with van der Waals surface area (Å²) in [4.78, 5) is 43.3. The molecule has 2 aromatic rings. The number of fused-ring (bicyclic) bond motifs is 5. The van der Waals surface area contributed by atoms with Gasteiger partial charge in [-0.1, -0.05) is 5.57 Å². The van der Waals surface area contributed by atoms with Gasteiger partial charge in [0.15, 0.2) is 0 Å². The highest BCUT2D eigenvalue weighted by molar-refractivity contribution is 6.05. The quantitative estimate of drug-likeness (QED) is 0.549. The first-order valence-corrected chi connectivity index (χ1v) is 12.0. The summed E-state index contributed by atoms with van der Waals surface area (Å²) >= 11 is 0. The Morgan fingerprint density at radius 2 is 1.94 bits per heavy atom. The number of carbonyl (C=O) groups excluding carboxylic acids is 3. The molecular formula is C26H31N3O7. The summed E-state index contributed by atoms with van der Waals surface area (Å²) in [6.45, 7) is 6.72. The highest BCUT2D eigenvalue weighted by Crippen LogP contribution is 2.54. The van der Waals surface area contributed by atoms with Crippen LogP contribution in [0.2, 0.25) is 0 Å². The third-order valence-corrected chi connectivity index (χ3v) is 7.44. The van der Waals surface area contributed by atoms with Crippen molar-refractivity contribution < 1.29 is 34.4 Å². The van der Waals surface area contributed by atoms with Gasteiger partial charge in [0, 0.05) is 29.6 Å². The molecule has 0 saturated carbocycles. The molecule has 1 aromatic heterocycles. The first-order chi connectivity index (χ1) is 16.8. The third kappa shape index (κ3) is 3.11. The number of aromatic nitrogens is 1. The Hall–Kier alpha value is -3.21. The van der Waals surface area contributed by atoms with E-state index in [1.807, 2.05) is 0 Å². The van der Waals surface area contributed by atoms with Crippen LogP contribution in [0, 0.1) is 0 Å². The molecule has 3 aliphatic heterocycles. The smallest absolute Gasteiger partial charge is 0.279 e. The molecule has 2 saturated heterocycles. The minimum Gasteiger partial charge on any atom is -0.497 e. The van der Waals surface area contributed by atoms with E-state index in [1.54, 1.807) is 32.0 Å². The zero-order valence-electron chi connectivity index (χ0n) is 21.0. The molecule has 0 bridgehead atoms. The number of hydrogen-bond acceptors (Lipinski definition) is 7. The summed E-state index contributed by atoms with van der Waals surface area (Å²) in [5, 5.41) is 35.4. The molecule has 2 fully saturated rings. The van der Waals surface area contributed by atoms with Gasteiger partial charge in [0.25, 0.3) is 17.5 Å². The van der Waals surface area contributed by atoms with Crippen LogP contribution in [-0.4, -0.2) is 78.4 Å². The maximum absolute atomic E-state index is 13.8. The van der Waals surface area contributed by atoms with E-state index < -0.39 is 47.2 Å². The van der Waals surface area contributed by atoms with Crippen molar-refractivity contribution in [1.82, 2.24) is 14.4 Å². The van der Waals surface area contributed by atoms with Crippen LogP contribution in [0.3, 0.4) is 0 Å². The Bertz CT molecular complexity index is 1330. The number of methoxy groups -OCH3 is 1. The monoisotopic (exact) mass is 497 g/mol. The zero-order chi connectivity index (χ0) is 26.3. The van der Waals surface area contributed by atoms with E-state index in [4.69, 9.17) is 4.74 Å². The van der Waals surface area contributed by atoms with Gasteiger partial charge in [0.1, 0.15) is 23.9 Å². The minimum absolute atomic E-state index is 0.118. The molecule has 36 heavy (non-hydrogen) atoms. The summed E-state index contributed by atoms with van der Waals surface area (Å²) < 4.78 is 6.70. The molecule has 2 amide bonds. The molecule has 0 spiro atoms. The summed E-state index contributed by atoms with van der Waals surface area (Å²) in [6.07, 6.45) is 0.544. The fraction of sp³-hybridized carbons (Fsp3) is 0.500. The number of rotatable bonds is 3. The van der Waals surface area contributed by atoms with E-state index in [0.29, 0.717) is 29.5 Å². The molecule has 192 valence electrons. The second-order valence-electron chi connectivity index (χ2n) is 10.6. The second kappa shape index (κ2) is 7.89. The number of piperazine rings is 1. The van der Waals surface area contributed by atoms with Gasteiger partial charge in [-0.3, -0.25) is 23.9 Å². The van der Waals surface area contributed by atoms with Crippen molar-refractivity contribution in [2.45, 2.75) is 70.1 Å². The lowest BCUT2D eigenvalue weighted by molar-refractivity contribution is -0.243. The lowest BCUT2D eigenvalue weighted by Gasteiger charge is -2.56. The van der Waals surface area contributed by atoms with Crippen LogP contribution < -0.4 is 4.74 Å². The van der Waals surface area contributed by atoms with Gasteiger partial charge in [0.2, 0.25) is 5.91 Å². The van der Waals surface area contributed by atoms with E-state index in [1.165, 1.54) is 36.5 Å². The molecule has 0 radical (unpaired) electrons. The summed E-state index contributed by atoms with van der Waals surface area (Å²) in [5.74, 6) is -1.38. The van der Waals surface area contributed by atoms with Crippen molar-refractivity contribution >= 4 is 28.6 Å². The van der Waals surface area contributed by atoms with Gasteiger partial charge in [-0.2, -0.15) is 0 Å². The van der Waals surface area contributed by atoms with Crippen LogP contribution in [0.4, 0.5) is 0 Å². The largest absolute Gasteiger partial charge is 0.497 e. The van der Waals surface area contributed by atoms with Crippen LogP contribution in [0.15, 0.2) is 29.8 Å². The number of nitrogens with zero attached hydrogens (tertiary/aromatic N) is 3. The van der Waals surface area contributed by atoms with Gasteiger partial charge >= 0.3 is 0 Å². The fourth-order valence-electron chi connectivity index (χ4n) is 6.00. The maximum atomic E-state index is 13.8. The topological polar surface area (TPSA) is 133 Å².